The van der Waals surface area contributed by atoms with Crippen LogP contribution in [0.25, 0.3) is 0 Å². The van der Waals surface area contributed by atoms with Crippen molar-refractivity contribution in [2.24, 2.45) is 11.1 Å². The molecule has 6 heteroatoms. The highest BCUT2D eigenvalue weighted by atomic mass is 35.5. The molecule has 0 saturated carbocycles. The van der Waals surface area contributed by atoms with Gasteiger partial charge in [-0.2, -0.15) is 0 Å². The van der Waals surface area contributed by atoms with Gasteiger partial charge in [0.2, 0.25) is 0 Å². The molecule has 1 unspecified atom stereocenters. The Kier molecular flexibility index (Phi) is 5.24. The Labute approximate surface area is 117 Å². The summed E-state index contributed by atoms with van der Waals surface area (Å²) >= 11 is 0. The molecule has 1 aliphatic heterocycles. The zero-order chi connectivity index (χ0) is 13.3. The average Bonchev–Trinajstić information content (AvgIpc) is 2.69. The van der Waals surface area contributed by atoms with Crippen molar-refractivity contribution < 1.29 is 13.2 Å². The number of rotatable bonds is 3. The first kappa shape index (κ1) is 16.3. The third-order valence-electron chi connectivity index (χ3n) is 3.61. The summed E-state index contributed by atoms with van der Waals surface area (Å²) in [7, 11) is 0. The van der Waals surface area contributed by atoms with Crippen molar-refractivity contribution in [1.29, 1.82) is 0 Å². The highest BCUT2D eigenvalue weighted by Crippen LogP contribution is 2.30. The van der Waals surface area contributed by atoms with Gasteiger partial charge in [-0.3, -0.25) is 4.90 Å². The minimum atomic E-state index is -1.15. The first-order valence-corrected chi connectivity index (χ1v) is 5.99. The molecule has 1 aliphatic rings. The maximum atomic E-state index is 13.5. The second-order valence-electron chi connectivity index (χ2n) is 5.33. The van der Waals surface area contributed by atoms with Crippen LogP contribution in [0.2, 0.25) is 0 Å². The Morgan fingerprint density at radius 3 is 2.42 bits per heavy atom. The molecule has 0 bridgehead atoms. The number of halogens is 4. The minimum Gasteiger partial charge on any atom is -0.330 e. The Bertz CT molecular complexity index is 456. The van der Waals surface area contributed by atoms with Crippen LogP contribution in [0.1, 0.15) is 18.9 Å². The van der Waals surface area contributed by atoms with Gasteiger partial charge in [0.05, 0.1) is 0 Å². The van der Waals surface area contributed by atoms with Crippen LogP contribution < -0.4 is 5.73 Å². The standard InChI is InChI=1S/C13H17F3N2.ClH/c1-13(7-17)2-3-18(8-13)6-9-4-11(15)12(16)5-10(9)14;/h4-5H,2-3,6-8,17H2,1H3;1H. The molecule has 1 aromatic carbocycles. The van der Waals surface area contributed by atoms with E-state index in [-0.39, 0.29) is 23.4 Å². The maximum absolute atomic E-state index is 13.5. The molecule has 0 amide bonds. The van der Waals surface area contributed by atoms with Crippen molar-refractivity contribution in [3.8, 4) is 0 Å². The molecule has 0 aromatic heterocycles. The van der Waals surface area contributed by atoms with Gasteiger partial charge in [-0.15, -0.1) is 12.4 Å². The van der Waals surface area contributed by atoms with E-state index in [0.717, 1.165) is 25.6 Å². The lowest BCUT2D eigenvalue weighted by atomic mass is 9.90. The maximum Gasteiger partial charge on any atom is 0.161 e. The van der Waals surface area contributed by atoms with Gasteiger partial charge in [0, 0.05) is 24.7 Å². The number of hydrogen-bond donors (Lipinski definition) is 1. The zero-order valence-corrected chi connectivity index (χ0v) is 11.6. The van der Waals surface area contributed by atoms with E-state index in [9.17, 15) is 13.2 Å². The fraction of sp³-hybridized carbons (Fsp3) is 0.538. The number of likely N-dealkylation sites (tertiary alicyclic amines) is 1. The van der Waals surface area contributed by atoms with Gasteiger partial charge < -0.3 is 5.73 Å². The fourth-order valence-electron chi connectivity index (χ4n) is 2.35. The predicted octanol–water partition coefficient (Wildman–Crippen LogP) is 2.70. The van der Waals surface area contributed by atoms with E-state index in [1.54, 1.807) is 0 Å². The normalized spacial score (nSPS) is 23.4. The summed E-state index contributed by atoms with van der Waals surface area (Å²) in [5, 5.41) is 0. The Morgan fingerprint density at radius 1 is 1.21 bits per heavy atom. The van der Waals surface area contributed by atoms with Crippen molar-refractivity contribution in [3.63, 3.8) is 0 Å². The summed E-state index contributed by atoms with van der Waals surface area (Å²) in [4.78, 5) is 2.02. The van der Waals surface area contributed by atoms with E-state index >= 15 is 0 Å². The zero-order valence-electron chi connectivity index (χ0n) is 10.8. The lowest BCUT2D eigenvalue weighted by Gasteiger charge is -2.22. The highest BCUT2D eigenvalue weighted by molar-refractivity contribution is 5.85. The molecule has 1 heterocycles. The second kappa shape index (κ2) is 6.11. The van der Waals surface area contributed by atoms with Gasteiger partial charge in [-0.1, -0.05) is 6.92 Å². The largest absolute Gasteiger partial charge is 0.330 e. The fourth-order valence-corrected chi connectivity index (χ4v) is 2.35. The van der Waals surface area contributed by atoms with Crippen molar-refractivity contribution in [2.75, 3.05) is 19.6 Å². The molecule has 108 valence electrons. The van der Waals surface area contributed by atoms with E-state index in [4.69, 9.17) is 5.73 Å². The summed E-state index contributed by atoms with van der Waals surface area (Å²) < 4.78 is 39.4. The summed E-state index contributed by atoms with van der Waals surface area (Å²) in [6.45, 7) is 4.49. The Balaban J connectivity index is 0.00000180. The molecular formula is C13H18ClF3N2. The lowest BCUT2D eigenvalue weighted by molar-refractivity contribution is 0.270. The SMILES string of the molecule is CC1(CN)CCN(Cc2cc(F)c(F)cc2F)C1.Cl. The molecule has 1 atom stereocenters. The molecule has 0 aliphatic carbocycles. The van der Waals surface area contributed by atoms with Crippen molar-refractivity contribution in [3.05, 3.63) is 35.1 Å². The summed E-state index contributed by atoms with van der Waals surface area (Å²) in [5.41, 5.74) is 5.91. The molecule has 2 N–H and O–H groups in total. The van der Waals surface area contributed by atoms with E-state index in [1.807, 2.05) is 4.90 Å². The van der Waals surface area contributed by atoms with Gasteiger partial charge in [-0.25, -0.2) is 13.2 Å². The molecule has 2 nitrogen and oxygen atoms in total. The molecule has 0 spiro atoms. The van der Waals surface area contributed by atoms with Crippen molar-refractivity contribution >= 4 is 12.4 Å². The Hall–Kier alpha value is -0.780. The first-order chi connectivity index (χ1) is 8.43. The first-order valence-electron chi connectivity index (χ1n) is 5.99. The third kappa shape index (κ3) is 3.61. The van der Waals surface area contributed by atoms with Gasteiger partial charge >= 0.3 is 0 Å². The summed E-state index contributed by atoms with van der Waals surface area (Å²) in [6.07, 6.45) is 0.939. The monoisotopic (exact) mass is 294 g/mol. The van der Waals surface area contributed by atoms with E-state index in [2.05, 4.69) is 6.92 Å². The van der Waals surface area contributed by atoms with E-state index in [0.29, 0.717) is 19.2 Å². The number of hydrogen-bond acceptors (Lipinski definition) is 2. The van der Waals surface area contributed by atoms with Gasteiger partial charge in [-0.05, 0) is 31.0 Å². The van der Waals surface area contributed by atoms with Crippen LogP contribution in [0, 0.1) is 22.9 Å². The molecule has 19 heavy (non-hydrogen) atoms. The smallest absolute Gasteiger partial charge is 0.161 e. The lowest BCUT2D eigenvalue weighted by Crippen LogP contribution is -2.31. The molecule has 1 saturated heterocycles. The van der Waals surface area contributed by atoms with E-state index in [1.165, 1.54) is 0 Å². The van der Waals surface area contributed by atoms with Crippen molar-refractivity contribution in [2.45, 2.75) is 19.9 Å². The summed E-state index contributed by atoms with van der Waals surface area (Å²) in [5.74, 6) is -2.85. The third-order valence-corrected chi connectivity index (χ3v) is 3.61. The van der Waals surface area contributed by atoms with Gasteiger partial charge in [0.1, 0.15) is 5.82 Å². The average molecular weight is 295 g/mol. The number of benzene rings is 1. The van der Waals surface area contributed by atoms with Crippen LogP contribution >= 0.6 is 12.4 Å². The van der Waals surface area contributed by atoms with Crippen LogP contribution in [-0.2, 0) is 6.54 Å². The van der Waals surface area contributed by atoms with E-state index < -0.39 is 17.5 Å². The quantitative estimate of drug-likeness (QED) is 0.869. The molecule has 1 fully saturated rings. The highest BCUT2D eigenvalue weighted by Gasteiger charge is 2.32. The van der Waals surface area contributed by atoms with Crippen LogP contribution in [0.15, 0.2) is 12.1 Å². The number of nitrogens with zero attached hydrogens (tertiary/aromatic N) is 1. The molecular weight excluding hydrogens is 277 g/mol. The van der Waals surface area contributed by atoms with Crippen LogP contribution in [-0.4, -0.2) is 24.5 Å². The minimum absolute atomic E-state index is 0. The molecule has 1 aromatic rings. The number of nitrogens with two attached hydrogens (primary N) is 1. The predicted molar refractivity (Wildman–Crippen MR) is 70.6 cm³/mol. The van der Waals surface area contributed by atoms with Gasteiger partial charge in [0.25, 0.3) is 0 Å². The van der Waals surface area contributed by atoms with Crippen LogP contribution in [0.3, 0.4) is 0 Å². The topological polar surface area (TPSA) is 29.3 Å². The molecule has 2 rings (SSSR count). The molecule has 0 radical (unpaired) electrons. The summed E-state index contributed by atoms with van der Waals surface area (Å²) in [6, 6.07) is 1.53. The van der Waals surface area contributed by atoms with Crippen LogP contribution in [0.4, 0.5) is 13.2 Å². The Morgan fingerprint density at radius 2 is 1.84 bits per heavy atom. The van der Waals surface area contributed by atoms with Crippen molar-refractivity contribution in [1.82, 2.24) is 4.90 Å². The second-order valence-corrected chi connectivity index (χ2v) is 5.33. The van der Waals surface area contributed by atoms with Gasteiger partial charge in [0.15, 0.2) is 11.6 Å². The van der Waals surface area contributed by atoms with Crippen LogP contribution in [0.5, 0.6) is 0 Å².